The molecule has 0 radical (unpaired) electrons. The summed E-state index contributed by atoms with van der Waals surface area (Å²) in [5.41, 5.74) is 3.08. The van der Waals surface area contributed by atoms with Crippen LogP contribution in [0.3, 0.4) is 0 Å². The molecule has 0 aliphatic rings. The lowest BCUT2D eigenvalue weighted by molar-refractivity contribution is 0.102. The number of rotatable bonds is 3. The molecule has 0 unspecified atom stereocenters. The Labute approximate surface area is 128 Å². The number of ether oxygens (including phenoxy) is 1. The third kappa shape index (κ3) is 2.76. The first-order valence-electron chi connectivity index (χ1n) is 6.99. The molecule has 22 heavy (non-hydrogen) atoms. The van der Waals surface area contributed by atoms with Crippen molar-refractivity contribution < 1.29 is 9.53 Å². The number of para-hydroxylation sites is 1. The van der Waals surface area contributed by atoms with Gasteiger partial charge in [0.1, 0.15) is 5.75 Å². The highest BCUT2D eigenvalue weighted by molar-refractivity contribution is 6.08. The summed E-state index contributed by atoms with van der Waals surface area (Å²) in [6, 6.07) is 16.7. The summed E-state index contributed by atoms with van der Waals surface area (Å²) in [7, 11) is 1.60. The van der Waals surface area contributed by atoms with E-state index >= 15 is 0 Å². The summed E-state index contributed by atoms with van der Waals surface area (Å²) in [6.07, 6.45) is 0. The molecule has 0 aliphatic carbocycles. The summed E-state index contributed by atoms with van der Waals surface area (Å²) in [5.74, 6) is 0.570. The SMILES string of the molecule is COc1ccc(C(=O)Nc2cc(C)nc3ccccc23)cc1. The minimum absolute atomic E-state index is 0.154. The van der Waals surface area contributed by atoms with Crippen molar-refractivity contribution in [2.75, 3.05) is 12.4 Å². The molecular formula is C18H16N2O2. The molecule has 1 aromatic heterocycles. The normalized spacial score (nSPS) is 10.5. The third-order valence-corrected chi connectivity index (χ3v) is 3.44. The lowest BCUT2D eigenvalue weighted by Gasteiger charge is -2.10. The average molecular weight is 292 g/mol. The Morgan fingerprint density at radius 2 is 1.82 bits per heavy atom. The second-order valence-corrected chi connectivity index (χ2v) is 5.01. The van der Waals surface area contributed by atoms with Gasteiger partial charge in [-0.1, -0.05) is 18.2 Å². The first-order chi connectivity index (χ1) is 10.7. The highest BCUT2D eigenvalue weighted by Gasteiger charge is 2.09. The Morgan fingerprint density at radius 3 is 2.55 bits per heavy atom. The van der Waals surface area contributed by atoms with E-state index in [0.717, 1.165) is 28.0 Å². The van der Waals surface area contributed by atoms with Gasteiger partial charge < -0.3 is 10.1 Å². The number of nitrogens with one attached hydrogen (secondary N) is 1. The molecule has 0 bridgehead atoms. The van der Waals surface area contributed by atoms with Crippen molar-refractivity contribution in [2.45, 2.75) is 6.92 Å². The Hall–Kier alpha value is -2.88. The van der Waals surface area contributed by atoms with Gasteiger partial charge in [0.15, 0.2) is 0 Å². The number of aromatic nitrogens is 1. The predicted octanol–water partition coefficient (Wildman–Crippen LogP) is 3.80. The van der Waals surface area contributed by atoms with Crippen LogP contribution in [-0.4, -0.2) is 18.0 Å². The van der Waals surface area contributed by atoms with Crippen LogP contribution in [-0.2, 0) is 0 Å². The number of anilines is 1. The fourth-order valence-corrected chi connectivity index (χ4v) is 2.35. The molecule has 4 heteroatoms. The topological polar surface area (TPSA) is 51.2 Å². The molecule has 1 N–H and O–H groups in total. The Balaban J connectivity index is 1.93. The van der Waals surface area contributed by atoms with Crippen molar-refractivity contribution in [3.63, 3.8) is 0 Å². The number of fused-ring (bicyclic) bond motifs is 1. The zero-order chi connectivity index (χ0) is 15.5. The lowest BCUT2D eigenvalue weighted by atomic mass is 10.1. The fourth-order valence-electron chi connectivity index (χ4n) is 2.35. The number of nitrogens with zero attached hydrogens (tertiary/aromatic N) is 1. The van der Waals surface area contributed by atoms with Crippen LogP contribution in [0, 0.1) is 6.92 Å². The minimum atomic E-state index is -0.154. The van der Waals surface area contributed by atoms with E-state index in [-0.39, 0.29) is 5.91 Å². The van der Waals surface area contributed by atoms with Gasteiger partial charge in [-0.3, -0.25) is 9.78 Å². The minimum Gasteiger partial charge on any atom is -0.497 e. The van der Waals surface area contributed by atoms with Gasteiger partial charge in [-0.15, -0.1) is 0 Å². The van der Waals surface area contributed by atoms with Gasteiger partial charge in [0.2, 0.25) is 0 Å². The number of benzene rings is 2. The molecule has 0 spiro atoms. The number of carbonyl (C=O) groups is 1. The van der Waals surface area contributed by atoms with Gasteiger partial charge in [0.25, 0.3) is 5.91 Å². The summed E-state index contributed by atoms with van der Waals surface area (Å²) in [5, 5.41) is 3.89. The van der Waals surface area contributed by atoms with Crippen LogP contribution in [0.4, 0.5) is 5.69 Å². The van der Waals surface area contributed by atoms with Gasteiger partial charge >= 0.3 is 0 Å². The summed E-state index contributed by atoms with van der Waals surface area (Å²) >= 11 is 0. The largest absolute Gasteiger partial charge is 0.497 e. The summed E-state index contributed by atoms with van der Waals surface area (Å²) < 4.78 is 5.10. The van der Waals surface area contributed by atoms with Crippen LogP contribution in [0.2, 0.25) is 0 Å². The van der Waals surface area contributed by atoms with E-state index in [9.17, 15) is 4.79 Å². The van der Waals surface area contributed by atoms with Crippen LogP contribution in [0.1, 0.15) is 16.1 Å². The molecule has 1 heterocycles. The molecule has 3 aromatic rings. The zero-order valence-electron chi connectivity index (χ0n) is 12.5. The van der Waals surface area contributed by atoms with E-state index in [2.05, 4.69) is 10.3 Å². The van der Waals surface area contributed by atoms with Gasteiger partial charge in [-0.25, -0.2) is 0 Å². The number of hydrogen-bond donors (Lipinski definition) is 1. The van der Waals surface area contributed by atoms with Crippen molar-refractivity contribution in [3.05, 3.63) is 65.9 Å². The molecule has 0 fully saturated rings. The van der Waals surface area contributed by atoms with Gasteiger partial charge in [0.05, 0.1) is 18.3 Å². The number of methoxy groups -OCH3 is 1. The van der Waals surface area contributed by atoms with Crippen LogP contribution in [0.15, 0.2) is 54.6 Å². The molecule has 110 valence electrons. The van der Waals surface area contributed by atoms with Gasteiger partial charge in [-0.2, -0.15) is 0 Å². The first kappa shape index (κ1) is 14.1. The van der Waals surface area contributed by atoms with Crippen molar-refractivity contribution in [1.29, 1.82) is 0 Å². The van der Waals surface area contributed by atoms with E-state index in [1.807, 2.05) is 37.3 Å². The third-order valence-electron chi connectivity index (χ3n) is 3.44. The number of hydrogen-bond acceptors (Lipinski definition) is 3. The standard InChI is InChI=1S/C18H16N2O2/c1-12-11-17(15-5-3-4-6-16(15)19-12)20-18(21)13-7-9-14(22-2)10-8-13/h3-11H,1-2H3,(H,19,20,21). The average Bonchev–Trinajstić information content (AvgIpc) is 2.54. The van der Waals surface area contributed by atoms with E-state index in [4.69, 9.17) is 4.74 Å². The second kappa shape index (κ2) is 5.85. The molecule has 3 rings (SSSR count). The molecule has 0 atom stereocenters. The van der Waals surface area contributed by atoms with E-state index < -0.39 is 0 Å². The van der Waals surface area contributed by atoms with Crippen molar-refractivity contribution in [1.82, 2.24) is 4.98 Å². The van der Waals surface area contributed by atoms with Crippen LogP contribution in [0.5, 0.6) is 5.75 Å². The molecule has 1 amide bonds. The number of aryl methyl sites for hydroxylation is 1. The monoisotopic (exact) mass is 292 g/mol. The maximum absolute atomic E-state index is 12.4. The highest BCUT2D eigenvalue weighted by Crippen LogP contribution is 2.23. The van der Waals surface area contributed by atoms with Crippen LogP contribution < -0.4 is 10.1 Å². The Morgan fingerprint density at radius 1 is 1.09 bits per heavy atom. The van der Waals surface area contributed by atoms with Gasteiger partial charge in [0, 0.05) is 16.6 Å². The van der Waals surface area contributed by atoms with Crippen molar-refractivity contribution >= 4 is 22.5 Å². The smallest absolute Gasteiger partial charge is 0.255 e. The van der Waals surface area contributed by atoms with Crippen molar-refractivity contribution in [2.24, 2.45) is 0 Å². The highest BCUT2D eigenvalue weighted by atomic mass is 16.5. The molecule has 0 saturated heterocycles. The van der Waals surface area contributed by atoms with Crippen LogP contribution >= 0.6 is 0 Å². The number of pyridine rings is 1. The maximum Gasteiger partial charge on any atom is 0.255 e. The Kier molecular flexibility index (Phi) is 3.74. The maximum atomic E-state index is 12.4. The quantitative estimate of drug-likeness (QED) is 0.798. The molecule has 0 aliphatic heterocycles. The number of carbonyl (C=O) groups excluding carboxylic acids is 1. The molecule has 2 aromatic carbocycles. The zero-order valence-corrected chi connectivity index (χ0v) is 12.5. The predicted molar refractivity (Wildman–Crippen MR) is 87.4 cm³/mol. The molecule has 0 saturated carbocycles. The summed E-state index contributed by atoms with van der Waals surface area (Å²) in [4.78, 5) is 16.9. The van der Waals surface area contributed by atoms with E-state index in [0.29, 0.717) is 5.56 Å². The molecule has 4 nitrogen and oxygen atoms in total. The summed E-state index contributed by atoms with van der Waals surface area (Å²) in [6.45, 7) is 1.91. The first-order valence-corrected chi connectivity index (χ1v) is 6.99. The lowest BCUT2D eigenvalue weighted by Crippen LogP contribution is -2.12. The van der Waals surface area contributed by atoms with E-state index in [1.165, 1.54) is 0 Å². The second-order valence-electron chi connectivity index (χ2n) is 5.01. The fraction of sp³-hybridized carbons (Fsp3) is 0.111. The van der Waals surface area contributed by atoms with E-state index in [1.54, 1.807) is 31.4 Å². The van der Waals surface area contributed by atoms with Crippen LogP contribution in [0.25, 0.3) is 10.9 Å². The molecular weight excluding hydrogens is 276 g/mol. The van der Waals surface area contributed by atoms with Gasteiger partial charge in [-0.05, 0) is 43.3 Å². The Bertz CT molecular complexity index is 826. The van der Waals surface area contributed by atoms with Crippen molar-refractivity contribution in [3.8, 4) is 5.75 Å². The number of amides is 1.